The zero-order valence-corrected chi connectivity index (χ0v) is 7.91. The van der Waals surface area contributed by atoms with E-state index < -0.39 is 17.5 Å². The van der Waals surface area contributed by atoms with Gasteiger partial charge in [-0.1, -0.05) is 11.8 Å². The molecular formula is C10H6F3NO2. The van der Waals surface area contributed by atoms with Crippen LogP contribution in [0.2, 0.25) is 0 Å². The normalized spacial score (nSPS) is 10.4. The van der Waals surface area contributed by atoms with E-state index in [0.717, 1.165) is 0 Å². The SMILES string of the molecule is O=[N+]([O-])c1ccc(C#CCC(F)(F)F)cc1. The van der Waals surface area contributed by atoms with Gasteiger partial charge in [0.05, 0.1) is 4.92 Å². The first-order valence-electron chi connectivity index (χ1n) is 4.18. The van der Waals surface area contributed by atoms with Crippen molar-refractivity contribution in [3.63, 3.8) is 0 Å². The fourth-order valence-electron chi connectivity index (χ4n) is 0.913. The molecular weight excluding hydrogens is 223 g/mol. The number of hydrogen-bond acceptors (Lipinski definition) is 2. The third-order valence-corrected chi connectivity index (χ3v) is 1.60. The van der Waals surface area contributed by atoms with Gasteiger partial charge in [0.15, 0.2) is 0 Å². The number of nitrogens with zero attached hydrogens (tertiary/aromatic N) is 1. The Morgan fingerprint density at radius 1 is 1.25 bits per heavy atom. The number of non-ortho nitro benzene ring substituents is 1. The lowest BCUT2D eigenvalue weighted by Gasteiger charge is -1.97. The summed E-state index contributed by atoms with van der Waals surface area (Å²) in [5, 5.41) is 10.3. The number of alkyl halides is 3. The summed E-state index contributed by atoms with van der Waals surface area (Å²) >= 11 is 0. The number of rotatable bonds is 1. The van der Waals surface area contributed by atoms with E-state index in [2.05, 4.69) is 5.92 Å². The minimum Gasteiger partial charge on any atom is -0.258 e. The van der Waals surface area contributed by atoms with Gasteiger partial charge in [0, 0.05) is 17.7 Å². The Morgan fingerprint density at radius 3 is 2.25 bits per heavy atom. The Kier molecular flexibility index (Phi) is 3.51. The van der Waals surface area contributed by atoms with Crippen molar-refractivity contribution < 1.29 is 18.1 Å². The molecule has 0 heterocycles. The molecule has 0 aliphatic heterocycles. The summed E-state index contributed by atoms with van der Waals surface area (Å²) in [4.78, 5) is 9.69. The summed E-state index contributed by atoms with van der Waals surface area (Å²) in [5.41, 5.74) is 0.191. The predicted octanol–water partition coefficient (Wildman–Crippen LogP) is 2.90. The zero-order valence-electron chi connectivity index (χ0n) is 7.91. The molecule has 3 nitrogen and oxygen atoms in total. The molecule has 0 N–H and O–H groups in total. The second kappa shape index (κ2) is 4.66. The number of benzene rings is 1. The van der Waals surface area contributed by atoms with Crippen molar-refractivity contribution in [2.45, 2.75) is 12.6 Å². The van der Waals surface area contributed by atoms with Gasteiger partial charge in [0.25, 0.3) is 5.69 Å². The highest BCUT2D eigenvalue weighted by atomic mass is 19.4. The van der Waals surface area contributed by atoms with Crippen molar-refractivity contribution in [3.05, 3.63) is 39.9 Å². The number of nitro benzene ring substituents is 1. The molecule has 0 spiro atoms. The molecule has 1 rings (SSSR count). The minimum atomic E-state index is -4.31. The standard InChI is InChI=1S/C10H6F3NO2/c11-10(12,13)7-1-2-8-3-5-9(6-4-8)14(15)16/h3-6H,7H2. The van der Waals surface area contributed by atoms with Gasteiger partial charge < -0.3 is 0 Å². The lowest BCUT2D eigenvalue weighted by atomic mass is 10.2. The van der Waals surface area contributed by atoms with Gasteiger partial charge in [-0.15, -0.1) is 0 Å². The van der Waals surface area contributed by atoms with Crippen LogP contribution in [-0.4, -0.2) is 11.1 Å². The van der Waals surface area contributed by atoms with Crippen molar-refractivity contribution in [2.24, 2.45) is 0 Å². The summed E-state index contributed by atoms with van der Waals surface area (Å²) < 4.78 is 35.2. The second-order valence-electron chi connectivity index (χ2n) is 2.90. The van der Waals surface area contributed by atoms with Gasteiger partial charge in [-0.2, -0.15) is 13.2 Å². The maximum Gasteiger partial charge on any atom is 0.399 e. The van der Waals surface area contributed by atoms with Crippen molar-refractivity contribution in [2.75, 3.05) is 0 Å². The quantitative estimate of drug-likeness (QED) is 0.422. The largest absolute Gasteiger partial charge is 0.399 e. The van der Waals surface area contributed by atoms with Gasteiger partial charge >= 0.3 is 6.18 Å². The Hall–Kier alpha value is -2.03. The van der Waals surface area contributed by atoms with Crippen LogP contribution in [0.1, 0.15) is 12.0 Å². The molecule has 6 heteroatoms. The van der Waals surface area contributed by atoms with Crippen LogP contribution in [0.3, 0.4) is 0 Å². The van der Waals surface area contributed by atoms with Crippen LogP contribution in [0.15, 0.2) is 24.3 Å². The molecule has 0 saturated carbocycles. The van der Waals surface area contributed by atoms with Crippen LogP contribution in [0, 0.1) is 22.0 Å². The average Bonchev–Trinajstić information content (AvgIpc) is 2.16. The number of nitro groups is 1. The smallest absolute Gasteiger partial charge is 0.258 e. The first-order chi connectivity index (χ1) is 7.38. The van der Waals surface area contributed by atoms with E-state index in [1.54, 1.807) is 0 Å². The van der Waals surface area contributed by atoms with Gasteiger partial charge in [-0.3, -0.25) is 10.1 Å². The molecule has 84 valence electrons. The molecule has 0 bridgehead atoms. The molecule has 0 amide bonds. The number of halogens is 3. The second-order valence-corrected chi connectivity index (χ2v) is 2.90. The molecule has 0 aromatic heterocycles. The van der Waals surface area contributed by atoms with E-state index in [4.69, 9.17) is 0 Å². The van der Waals surface area contributed by atoms with Gasteiger partial charge in [-0.25, -0.2) is 0 Å². The van der Waals surface area contributed by atoms with E-state index in [1.165, 1.54) is 24.3 Å². The Labute approximate surface area is 89.0 Å². The molecule has 0 saturated heterocycles. The van der Waals surface area contributed by atoms with Crippen molar-refractivity contribution in [1.82, 2.24) is 0 Å². The molecule has 0 aliphatic carbocycles. The van der Waals surface area contributed by atoms with Crippen LogP contribution in [0.5, 0.6) is 0 Å². The van der Waals surface area contributed by atoms with E-state index in [1.807, 2.05) is 5.92 Å². The molecule has 0 aliphatic rings. The molecule has 16 heavy (non-hydrogen) atoms. The summed E-state index contributed by atoms with van der Waals surface area (Å²) in [6.07, 6.45) is -5.50. The van der Waals surface area contributed by atoms with Crippen LogP contribution in [0.4, 0.5) is 18.9 Å². The van der Waals surface area contributed by atoms with Crippen molar-refractivity contribution >= 4 is 5.69 Å². The van der Waals surface area contributed by atoms with Crippen molar-refractivity contribution in [1.29, 1.82) is 0 Å². The van der Waals surface area contributed by atoms with Crippen molar-refractivity contribution in [3.8, 4) is 11.8 Å². The van der Waals surface area contributed by atoms with Crippen LogP contribution >= 0.6 is 0 Å². The number of hydrogen-bond donors (Lipinski definition) is 0. The van der Waals surface area contributed by atoms with Crippen LogP contribution in [0.25, 0.3) is 0 Å². The monoisotopic (exact) mass is 229 g/mol. The van der Waals surface area contributed by atoms with E-state index in [0.29, 0.717) is 5.56 Å². The Balaban J connectivity index is 2.72. The van der Waals surface area contributed by atoms with Gasteiger partial charge in [0.1, 0.15) is 6.42 Å². The first kappa shape index (κ1) is 12.0. The van der Waals surface area contributed by atoms with E-state index in [9.17, 15) is 23.3 Å². The molecule has 0 atom stereocenters. The average molecular weight is 229 g/mol. The summed E-state index contributed by atoms with van der Waals surface area (Å²) in [7, 11) is 0. The molecule has 0 fully saturated rings. The highest BCUT2D eigenvalue weighted by molar-refractivity contribution is 5.41. The highest BCUT2D eigenvalue weighted by Crippen LogP contribution is 2.18. The third kappa shape index (κ3) is 4.00. The first-order valence-corrected chi connectivity index (χ1v) is 4.18. The fraction of sp³-hybridized carbons (Fsp3) is 0.200. The molecule has 0 radical (unpaired) electrons. The van der Waals surface area contributed by atoms with Crippen LogP contribution in [-0.2, 0) is 0 Å². The summed E-state index contributed by atoms with van der Waals surface area (Å²) in [6, 6.07) is 5.00. The lowest BCUT2D eigenvalue weighted by Crippen LogP contribution is -2.04. The topological polar surface area (TPSA) is 43.1 Å². The lowest BCUT2D eigenvalue weighted by molar-refractivity contribution is -0.384. The zero-order chi connectivity index (χ0) is 12.2. The van der Waals surface area contributed by atoms with Crippen LogP contribution < -0.4 is 0 Å². The van der Waals surface area contributed by atoms with E-state index >= 15 is 0 Å². The Morgan fingerprint density at radius 2 is 1.81 bits per heavy atom. The maximum absolute atomic E-state index is 11.7. The molecule has 0 unspecified atom stereocenters. The highest BCUT2D eigenvalue weighted by Gasteiger charge is 2.25. The Bertz CT molecular complexity index is 440. The molecule has 1 aromatic rings. The van der Waals surface area contributed by atoms with Gasteiger partial charge in [-0.05, 0) is 12.1 Å². The van der Waals surface area contributed by atoms with Gasteiger partial charge in [0.2, 0.25) is 0 Å². The predicted molar refractivity (Wildman–Crippen MR) is 50.6 cm³/mol. The minimum absolute atomic E-state index is 0.124. The fourth-order valence-corrected chi connectivity index (χ4v) is 0.913. The molecule has 1 aromatic carbocycles. The van der Waals surface area contributed by atoms with E-state index in [-0.39, 0.29) is 5.69 Å². The third-order valence-electron chi connectivity index (χ3n) is 1.60. The maximum atomic E-state index is 11.7. The summed E-state index contributed by atoms with van der Waals surface area (Å²) in [6.45, 7) is 0. The summed E-state index contributed by atoms with van der Waals surface area (Å²) in [5.74, 6) is 4.22.